The molecule has 1 atom stereocenters. The highest BCUT2D eigenvalue weighted by Gasteiger charge is 2.30. The van der Waals surface area contributed by atoms with E-state index in [1.54, 1.807) is 7.11 Å². The summed E-state index contributed by atoms with van der Waals surface area (Å²) in [4.78, 5) is 13.2. The minimum Gasteiger partial charge on any atom is -0.480 e. The summed E-state index contributed by atoms with van der Waals surface area (Å²) < 4.78 is 5.17. The Morgan fingerprint density at radius 3 is 2.83 bits per heavy atom. The highest BCUT2D eigenvalue weighted by molar-refractivity contribution is 5.73. The van der Waals surface area contributed by atoms with Gasteiger partial charge in [-0.1, -0.05) is 24.3 Å². The molecule has 1 aromatic carbocycles. The molecule has 4 nitrogen and oxygen atoms in total. The second-order valence-corrected chi connectivity index (χ2v) is 4.67. The van der Waals surface area contributed by atoms with Gasteiger partial charge in [0, 0.05) is 13.7 Å². The normalized spacial score (nSPS) is 20.2. The van der Waals surface area contributed by atoms with Crippen molar-refractivity contribution in [3.8, 4) is 0 Å². The molecule has 1 saturated heterocycles. The average Bonchev–Trinajstić information content (AvgIpc) is 2.80. The van der Waals surface area contributed by atoms with Crippen LogP contribution >= 0.6 is 0 Å². The second kappa shape index (κ2) is 5.98. The molecule has 0 spiro atoms. The number of methoxy groups -OCH3 is 1. The number of rotatable bonds is 5. The zero-order valence-corrected chi connectivity index (χ0v) is 10.6. The van der Waals surface area contributed by atoms with Crippen LogP contribution in [-0.4, -0.2) is 35.7 Å². The lowest BCUT2D eigenvalue weighted by atomic mass is 10.1. The average molecular weight is 249 g/mol. The first-order valence-corrected chi connectivity index (χ1v) is 6.25. The monoisotopic (exact) mass is 249 g/mol. The van der Waals surface area contributed by atoms with Gasteiger partial charge < -0.3 is 9.84 Å². The number of nitrogens with zero attached hydrogens (tertiary/aromatic N) is 1. The summed E-state index contributed by atoms with van der Waals surface area (Å²) >= 11 is 0. The van der Waals surface area contributed by atoms with E-state index in [1.165, 1.54) is 0 Å². The molecule has 1 fully saturated rings. The maximum absolute atomic E-state index is 11.1. The molecule has 0 aliphatic carbocycles. The van der Waals surface area contributed by atoms with Gasteiger partial charge in [-0.25, -0.2) is 0 Å². The highest BCUT2D eigenvalue weighted by atomic mass is 16.5. The Labute approximate surface area is 107 Å². The fourth-order valence-corrected chi connectivity index (χ4v) is 2.52. The maximum Gasteiger partial charge on any atom is 0.320 e. The molecule has 1 N–H and O–H groups in total. The van der Waals surface area contributed by atoms with Crippen LogP contribution in [0.3, 0.4) is 0 Å². The Morgan fingerprint density at radius 2 is 2.17 bits per heavy atom. The number of hydrogen-bond donors (Lipinski definition) is 1. The second-order valence-electron chi connectivity index (χ2n) is 4.67. The van der Waals surface area contributed by atoms with E-state index >= 15 is 0 Å². The third-order valence-corrected chi connectivity index (χ3v) is 3.44. The lowest BCUT2D eigenvalue weighted by Crippen LogP contribution is -2.35. The summed E-state index contributed by atoms with van der Waals surface area (Å²) in [7, 11) is 1.67. The molecule has 2 rings (SSSR count). The first kappa shape index (κ1) is 13.1. The highest BCUT2D eigenvalue weighted by Crippen LogP contribution is 2.22. The van der Waals surface area contributed by atoms with Gasteiger partial charge in [-0.15, -0.1) is 0 Å². The zero-order valence-electron chi connectivity index (χ0n) is 10.6. The standard InChI is InChI=1S/C14H19NO3/c1-18-10-12-6-3-2-5-11(12)9-15-8-4-7-13(15)14(16)17/h2-3,5-6,13H,4,7-10H2,1H3,(H,16,17). The van der Waals surface area contributed by atoms with E-state index in [0.717, 1.165) is 30.5 Å². The lowest BCUT2D eigenvalue weighted by Gasteiger charge is -2.22. The predicted octanol–water partition coefficient (Wildman–Crippen LogP) is 1.88. The van der Waals surface area contributed by atoms with Crippen molar-refractivity contribution in [3.05, 3.63) is 35.4 Å². The number of likely N-dealkylation sites (tertiary alicyclic amines) is 1. The van der Waals surface area contributed by atoms with Gasteiger partial charge in [0.1, 0.15) is 6.04 Å². The van der Waals surface area contributed by atoms with Crippen LogP contribution in [0.4, 0.5) is 0 Å². The van der Waals surface area contributed by atoms with Crippen molar-refractivity contribution in [1.29, 1.82) is 0 Å². The summed E-state index contributed by atoms with van der Waals surface area (Å²) in [5.74, 6) is -0.711. The molecule has 0 saturated carbocycles. The van der Waals surface area contributed by atoms with Crippen LogP contribution in [0.1, 0.15) is 24.0 Å². The van der Waals surface area contributed by atoms with Gasteiger partial charge in [-0.05, 0) is 30.5 Å². The van der Waals surface area contributed by atoms with Gasteiger partial charge in [-0.2, -0.15) is 0 Å². The molecule has 1 aromatic rings. The smallest absolute Gasteiger partial charge is 0.320 e. The number of ether oxygens (including phenoxy) is 1. The van der Waals surface area contributed by atoms with Gasteiger partial charge in [0.2, 0.25) is 0 Å². The van der Waals surface area contributed by atoms with Crippen LogP contribution in [0.5, 0.6) is 0 Å². The van der Waals surface area contributed by atoms with E-state index < -0.39 is 5.97 Å². The van der Waals surface area contributed by atoms with E-state index in [9.17, 15) is 4.79 Å². The predicted molar refractivity (Wildman–Crippen MR) is 68.2 cm³/mol. The minimum atomic E-state index is -0.711. The maximum atomic E-state index is 11.1. The molecule has 4 heteroatoms. The van der Waals surface area contributed by atoms with Crippen molar-refractivity contribution in [3.63, 3.8) is 0 Å². The van der Waals surface area contributed by atoms with E-state index in [-0.39, 0.29) is 6.04 Å². The largest absolute Gasteiger partial charge is 0.480 e. The first-order valence-electron chi connectivity index (χ1n) is 6.25. The summed E-state index contributed by atoms with van der Waals surface area (Å²) in [6.07, 6.45) is 1.71. The van der Waals surface area contributed by atoms with E-state index in [4.69, 9.17) is 9.84 Å². The van der Waals surface area contributed by atoms with Crippen molar-refractivity contribution in [2.75, 3.05) is 13.7 Å². The van der Waals surface area contributed by atoms with Crippen molar-refractivity contribution in [2.24, 2.45) is 0 Å². The number of benzene rings is 1. The SMILES string of the molecule is COCc1ccccc1CN1CCCC1C(=O)O. The molecule has 0 radical (unpaired) electrons. The number of carboxylic acids is 1. The van der Waals surface area contributed by atoms with Crippen molar-refractivity contribution < 1.29 is 14.6 Å². The van der Waals surface area contributed by atoms with E-state index in [1.807, 2.05) is 29.2 Å². The Morgan fingerprint density at radius 1 is 1.44 bits per heavy atom. The molecule has 1 aliphatic heterocycles. The Balaban J connectivity index is 2.11. The van der Waals surface area contributed by atoms with Gasteiger partial charge in [-0.3, -0.25) is 9.69 Å². The van der Waals surface area contributed by atoms with Gasteiger partial charge in [0.15, 0.2) is 0 Å². The van der Waals surface area contributed by atoms with E-state index in [0.29, 0.717) is 13.2 Å². The van der Waals surface area contributed by atoms with Crippen LogP contribution in [0, 0.1) is 0 Å². The Kier molecular flexibility index (Phi) is 4.33. The van der Waals surface area contributed by atoms with Crippen molar-refractivity contribution in [1.82, 2.24) is 4.90 Å². The Bertz CT molecular complexity index is 419. The number of carboxylic acid groups (broad SMARTS) is 1. The van der Waals surface area contributed by atoms with Crippen molar-refractivity contribution >= 4 is 5.97 Å². The molecular formula is C14H19NO3. The molecule has 98 valence electrons. The molecular weight excluding hydrogens is 230 g/mol. The summed E-state index contributed by atoms with van der Waals surface area (Å²) in [6, 6.07) is 7.72. The summed E-state index contributed by atoms with van der Waals surface area (Å²) in [5, 5.41) is 9.17. The fraction of sp³-hybridized carbons (Fsp3) is 0.500. The van der Waals surface area contributed by atoms with E-state index in [2.05, 4.69) is 0 Å². The molecule has 0 amide bonds. The number of carbonyl (C=O) groups is 1. The van der Waals surface area contributed by atoms with Crippen LogP contribution in [0.25, 0.3) is 0 Å². The zero-order chi connectivity index (χ0) is 13.0. The molecule has 0 aromatic heterocycles. The number of aliphatic carboxylic acids is 1. The molecule has 1 unspecified atom stereocenters. The van der Waals surface area contributed by atoms with Gasteiger partial charge in [0.05, 0.1) is 6.61 Å². The summed E-state index contributed by atoms with van der Waals surface area (Å²) in [5.41, 5.74) is 2.29. The van der Waals surface area contributed by atoms with Crippen molar-refractivity contribution in [2.45, 2.75) is 32.0 Å². The number of hydrogen-bond acceptors (Lipinski definition) is 3. The third kappa shape index (κ3) is 2.89. The van der Waals surface area contributed by atoms with Crippen LogP contribution in [0.15, 0.2) is 24.3 Å². The van der Waals surface area contributed by atoms with Crippen LogP contribution in [0.2, 0.25) is 0 Å². The van der Waals surface area contributed by atoms with Gasteiger partial charge in [0.25, 0.3) is 0 Å². The fourth-order valence-electron chi connectivity index (χ4n) is 2.52. The molecule has 0 bridgehead atoms. The van der Waals surface area contributed by atoms with Crippen LogP contribution < -0.4 is 0 Å². The van der Waals surface area contributed by atoms with Crippen LogP contribution in [-0.2, 0) is 22.7 Å². The first-order chi connectivity index (χ1) is 8.72. The van der Waals surface area contributed by atoms with Gasteiger partial charge >= 0.3 is 5.97 Å². The topological polar surface area (TPSA) is 49.8 Å². The third-order valence-electron chi connectivity index (χ3n) is 3.44. The molecule has 1 aliphatic rings. The minimum absolute atomic E-state index is 0.333. The molecule has 18 heavy (non-hydrogen) atoms. The lowest BCUT2D eigenvalue weighted by molar-refractivity contribution is -0.142. The summed E-state index contributed by atoms with van der Waals surface area (Å²) in [6.45, 7) is 2.12. The quantitative estimate of drug-likeness (QED) is 0.865. The molecule has 1 heterocycles. The Hall–Kier alpha value is -1.39.